The second-order valence-electron chi connectivity index (χ2n) is 4.98. The molecule has 1 fully saturated rings. The molecule has 1 aliphatic heterocycles. The lowest BCUT2D eigenvalue weighted by Crippen LogP contribution is -2.36. The third-order valence-electron chi connectivity index (χ3n) is 3.34. The van der Waals surface area contributed by atoms with Crippen LogP contribution >= 0.6 is 27.7 Å². The Labute approximate surface area is 129 Å². The Bertz CT molecular complexity index is 544. The number of amides is 1. The van der Waals surface area contributed by atoms with Crippen molar-refractivity contribution in [3.8, 4) is 0 Å². The van der Waals surface area contributed by atoms with Crippen LogP contribution in [0.2, 0.25) is 0 Å². The van der Waals surface area contributed by atoms with E-state index in [1.165, 1.54) is 12.1 Å². The van der Waals surface area contributed by atoms with Crippen LogP contribution in [-0.2, 0) is 0 Å². The molecule has 1 amide bonds. The van der Waals surface area contributed by atoms with E-state index in [-0.39, 0.29) is 20.8 Å². The molecule has 0 bridgehead atoms. The number of nitrogens with one attached hydrogen (secondary N) is 1. The summed E-state index contributed by atoms with van der Waals surface area (Å²) in [6, 6.07) is 4.47. The van der Waals surface area contributed by atoms with E-state index in [0.717, 1.165) is 18.6 Å². The predicted molar refractivity (Wildman–Crippen MR) is 83.2 cm³/mol. The average molecular weight is 359 g/mol. The third-order valence-corrected chi connectivity index (χ3v) is 5.71. The van der Waals surface area contributed by atoms with E-state index < -0.39 is 4.92 Å². The van der Waals surface area contributed by atoms with Gasteiger partial charge in [0.15, 0.2) is 0 Å². The molecule has 0 radical (unpaired) electrons. The Hall–Kier alpha value is -1.08. The summed E-state index contributed by atoms with van der Waals surface area (Å²) < 4.78 is 0.301. The minimum absolute atomic E-state index is 0.0723. The summed E-state index contributed by atoms with van der Waals surface area (Å²) in [4.78, 5) is 22.5. The van der Waals surface area contributed by atoms with Gasteiger partial charge in [-0.25, -0.2) is 0 Å². The molecule has 0 saturated carbocycles. The molecule has 1 aromatic rings. The maximum Gasteiger partial charge on any atom is 0.284 e. The van der Waals surface area contributed by atoms with E-state index in [9.17, 15) is 14.9 Å². The fourth-order valence-electron chi connectivity index (χ4n) is 2.17. The monoisotopic (exact) mass is 358 g/mol. The standard InChI is InChI=1S/C13H15BrN2O3S/c1-13(6-3-7-20-13)8-15-12(17)9-4-2-5-10(11(9)14)16(18)19/h2,4-5H,3,6-8H2,1H3,(H,15,17). The largest absolute Gasteiger partial charge is 0.351 e. The molecule has 0 aromatic heterocycles. The van der Waals surface area contributed by atoms with E-state index in [0.29, 0.717) is 12.1 Å². The average Bonchev–Trinajstić information content (AvgIpc) is 2.83. The molecular weight excluding hydrogens is 344 g/mol. The van der Waals surface area contributed by atoms with Crippen molar-refractivity contribution in [1.29, 1.82) is 0 Å². The molecule has 108 valence electrons. The van der Waals surface area contributed by atoms with Crippen molar-refractivity contribution < 1.29 is 9.72 Å². The van der Waals surface area contributed by atoms with E-state index in [2.05, 4.69) is 28.2 Å². The van der Waals surface area contributed by atoms with Crippen LogP contribution < -0.4 is 5.32 Å². The number of nitro groups is 1. The third kappa shape index (κ3) is 3.32. The van der Waals surface area contributed by atoms with Crippen molar-refractivity contribution in [1.82, 2.24) is 5.32 Å². The number of hydrogen-bond acceptors (Lipinski definition) is 4. The van der Waals surface area contributed by atoms with Crippen molar-refractivity contribution in [3.63, 3.8) is 0 Å². The Morgan fingerprint density at radius 3 is 2.95 bits per heavy atom. The summed E-state index contributed by atoms with van der Waals surface area (Å²) in [5, 5.41) is 13.7. The maximum atomic E-state index is 12.2. The van der Waals surface area contributed by atoms with Crippen LogP contribution in [0.25, 0.3) is 0 Å². The lowest BCUT2D eigenvalue weighted by molar-refractivity contribution is -0.385. The smallest absolute Gasteiger partial charge is 0.284 e. The highest BCUT2D eigenvalue weighted by atomic mass is 79.9. The van der Waals surface area contributed by atoms with Crippen LogP contribution in [0.15, 0.2) is 22.7 Å². The highest BCUT2D eigenvalue weighted by molar-refractivity contribution is 9.10. The molecular formula is C13H15BrN2O3S. The molecule has 7 heteroatoms. The second kappa shape index (κ2) is 6.13. The molecule has 1 atom stereocenters. The van der Waals surface area contributed by atoms with Crippen LogP contribution in [0, 0.1) is 10.1 Å². The summed E-state index contributed by atoms with van der Waals surface area (Å²) in [5.74, 6) is 0.835. The van der Waals surface area contributed by atoms with Gasteiger partial charge in [-0.3, -0.25) is 14.9 Å². The molecule has 1 aliphatic rings. The van der Waals surface area contributed by atoms with Crippen molar-refractivity contribution in [2.45, 2.75) is 24.5 Å². The Kier molecular flexibility index (Phi) is 4.70. The Morgan fingerprint density at radius 1 is 1.60 bits per heavy atom. The number of nitrogens with zero attached hydrogens (tertiary/aromatic N) is 1. The van der Waals surface area contributed by atoms with Gasteiger partial charge in [-0.15, -0.1) is 0 Å². The van der Waals surface area contributed by atoms with Gasteiger partial charge < -0.3 is 5.32 Å². The van der Waals surface area contributed by atoms with Crippen LogP contribution in [0.5, 0.6) is 0 Å². The zero-order valence-electron chi connectivity index (χ0n) is 11.0. The van der Waals surface area contributed by atoms with Crippen molar-refractivity contribution >= 4 is 39.3 Å². The fourth-order valence-corrected chi connectivity index (χ4v) is 4.01. The van der Waals surface area contributed by atoms with E-state index >= 15 is 0 Å². The molecule has 0 spiro atoms. The summed E-state index contributed by atoms with van der Waals surface area (Å²) in [6.07, 6.45) is 2.24. The molecule has 1 N–H and O–H groups in total. The zero-order valence-corrected chi connectivity index (χ0v) is 13.4. The first-order valence-electron chi connectivity index (χ1n) is 6.28. The van der Waals surface area contributed by atoms with Crippen molar-refractivity contribution in [3.05, 3.63) is 38.3 Å². The zero-order chi connectivity index (χ0) is 14.8. The van der Waals surface area contributed by atoms with Gasteiger partial charge in [0.1, 0.15) is 4.47 Å². The van der Waals surface area contributed by atoms with E-state index in [1.807, 2.05) is 11.8 Å². The first-order valence-corrected chi connectivity index (χ1v) is 8.06. The van der Waals surface area contributed by atoms with Gasteiger partial charge in [0, 0.05) is 17.4 Å². The topological polar surface area (TPSA) is 72.2 Å². The number of carbonyl (C=O) groups excluding carboxylic acids is 1. The minimum Gasteiger partial charge on any atom is -0.351 e. The number of benzene rings is 1. The molecule has 0 aliphatic carbocycles. The van der Waals surface area contributed by atoms with Gasteiger partial charge in [-0.2, -0.15) is 11.8 Å². The van der Waals surface area contributed by atoms with E-state index in [4.69, 9.17) is 0 Å². The second-order valence-corrected chi connectivity index (χ2v) is 7.46. The van der Waals surface area contributed by atoms with Gasteiger partial charge in [0.25, 0.3) is 11.6 Å². The van der Waals surface area contributed by atoms with Crippen LogP contribution in [0.4, 0.5) is 5.69 Å². The van der Waals surface area contributed by atoms with E-state index in [1.54, 1.807) is 6.07 Å². The van der Waals surface area contributed by atoms with Crippen LogP contribution in [0.1, 0.15) is 30.1 Å². The quantitative estimate of drug-likeness (QED) is 0.661. The first-order chi connectivity index (χ1) is 9.43. The summed E-state index contributed by atoms with van der Waals surface area (Å²) in [5.41, 5.74) is 0.199. The number of thioether (sulfide) groups is 1. The molecule has 20 heavy (non-hydrogen) atoms. The molecule has 1 unspecified atom stereocenters. The number of nitro benzene ring substituents is 1. The number of rotatable bonds is 4. The first kappa shape index (κ1) is 15.3. The summed E-state index contributed by atoms with van der Waals surface area (Å²) in [7, 11) is 0. The number of hydrogen-bond donors (Lipinski definition) is 1. The van der Waals surface area contributed by atoms with Crippen molar-refractivity contribution in [2.75, 3.05) is 12.3 Å². The Morgan fingerprint density at radius 2 is 2.35 bits per heavy atom. The maximum absolute atomic E-state index is 12.2. The predicted octanol–water partition coefficient (Wildman–Crippen LogP) is 3.37. The summed E-state index contributed by atoms with van der Waals surface area (Å²) in [6.45, 7) is 2.71. The summed E-state index contributed by atoms with van der Waals surface area (Å²) >= 11 is 5.00. The molecule has 1 aromatic carbocycles. The van der Waals surface area contributed by atoms with Gasteiger partial charge in [-0.05, 0) is 47.5 Å². The highest BCUT2D eigenvalue weighted by Gasteiger charge is 2.30. The molecule has 5 nitrogen and oxygen atoms in total. The number of halogens is 1. The fraction of sp³-hybridized carbons (Fsp3) is 0.462. The van der Waals surface area contributed by atoms with Gasteiger partial charge in [0.2, 0.25) is 0 Å². The lowest BCUT2D eigenvalue weighted by atomic mass is 10.1. The highest BCUT2D eigenvalue weighted by Crippen LogP contribution is 2.37. The molecule has 1 heterocycles. The van der Waals surface area contributed by atoms with Gasteiger partial charge in [0.05, 0.1) is 10.5 Å². The lowest BCUT2D eigenvalue weighted by Gasteiger charge is -2.22. The Balaban J connectivity index is 2.09. The molecule has 2 rings (SSSR count). The van der Waals surface area contributed by atoms with Crippen LogP contribution in [0.3, 0.4) is 0 Å². The van der Waals surface area contributed by atoms with Crippen molar-refractivity contribution in [2.24, 2.45) is 0 Å². The molecule has 1 saturated heterocycles. The van der Waals surface area contributed by atoms with Gasteiger partial charge >= 0.3 is 0 Å². The minimum atomic E-state index is -0.505. The van der Waals surface area contributed by atoms with Gasteiger partial charge in [-0.1, -0.05) is 6.07 Å². The SMILES string of the molecule is CC1(CNC(=O)c2cccc([N+](=O)[O-])c2Br)CCCS1. The normalized spacial score (nSPS) is 21.7. The van der Waals surface area contributed by atoms with Crippen LogP contribution in [-0.4, -0.2) is 27.9 Å². The number of carbonyl (C=O) groups is 1.